The number of carboxylic acids is 1. The van der Waals surface area contributed by atoms with Crippen molar-refractivity contribution < 1.29 is 14.6 Å². The Kier molecular flexibility index (Phi) is 4.34. The summed E-state index contributed by atoms with van der Waals surface area (Å²) in [5.74, 6) is -0.273. The quantitative estimate of drug-likeness (QED) is 0.773. The Morgan fingerprint density at radius 1 is 0.957 bits per heavy atom. The van der Waals surface area contributed by atoms with E-state index in [-0.39, 0.29) is 5.69 Å². The first-order valence-electron chi connectivity index (χ1n) is 7.19. The molecule has 0 aliphatic rings. The van der Waals surface area contributed by atoms with Crippen molar-refractivity contribution in [3.8, 4) is 16.9 Å². The monoisotopic (exact) mass is 305 g/mol. The van der Waals surface area contributed by atoms with Gasteiger partial charge in [-0.05, 0) is 29.3 Å². The van der Waals surface area contributed by atoms with E-state index >= 15 is 0 Å². The standard InChI is InChI=1S/C19H15NO3/c21-19(22)18-10-9-16(12-20-18)15-7-4-8-17(11-15)23-13-14-5-2-1-3-6-14/h1-12H,13H2,(H,21,22). The molecule has 0 saturated carbocycles. The van der Waals surface area contributed by atoms with E-state index < -0.39 is 5.97 Å². The highest BCUT2D eigenvalue weighted by Gasteiger charge is 2.05. The van der Waals surface area contributed by atoms with Crippen molar-refractivity contribution in [2.45, 2.75) is 6.61 Å². The number of pyridine rings is 1. The summed E-state index contributed by atoms with van der Waals surface area (Å²) >= 11 is 0. The summed E-state index contributed by atoms with van der Waals surface area (Å²) in [4.78, 5) is 14.8. The average molecular weight is 305 g/mol. The summed E-state index contributed by atoms with van der Waals surface area (Å²) in [7, 11) is 0. The van der Waals surface area contributed by atoms with Crippen LogP contribution >= 0.6 is 0 Å². The lowest BCUT2D eigenvalue weighted by Crippen LogP contribution is -1.99. The topological polar surface area (TPSA) is 59.4 Å². The van der Waals surface area contributed by atoms with E-state index in [2.05, 4.69) is 4.98 Å². The fraction of sp³-hybridized carbons (Fsp3) is 0.0526. The Balaban J connectivity index is 1.75. The van der Waals surface area contributed by atoms with Crippen molar-refractivity contribution in [1.82, 2.24) is 4.98 Å². The summed E-state index contributed by atoms with van der Waals surface area (Å²) < 4.78 is 5.80. The van der Waals surface area contributed by atoms with Crippen molar-refractivity contribution >= 4 is 5.97 Å². The molecule has 0 radical (unpaired) electrons. The van der Waals surface area contributed by atoms with Crippen LogP contribution in [0.2, 0.25) is 0 Å². The minimum Gasteiger partial charge on any atom is -0.489 e. The van der Waals surface area contributed by atoms with E-state index in [4.69, 9.17) is 9.84 Å². The third-order valence-corrected chi connectivity index (χ3v) is 3.40. The third-order valence-electron chi connectivity index (χ3n) is 3.40. The SMILES string of the molecule is O=C(O)c1ccc(-c2cccc(OCc3ccccc3)c2)cn1. The molecular formula is C19H15NO3. The summed E-state index contributed by atoms with van der Waals surface area (Å²) in [5.41, 5.74) is 2.91. The molecule has 0 unspecified atom stereocenters. The number of hydrogen-bond acceptors (Lipinski definition) is 3. The third kappa shape index (κ3) is 3.74. The molecule has 0 amide bonds. The van der Waals surface area contributed by atoms with Gasteiger partial charge in [-0.15, -0.1) is 0 Å². The van der Waals surface area contributed by atoms with E-state index in [1.54, 1.807) is 12.3 Å². The highest BCUT2D eigenvalue weighted by molar-refractivity contribution is 5.85. The van der Waals surface area contributed by atoms with E-state index in [0.717, 1.165) is 22.4 Å². The first-order valence-corrected chi connectivity index (χ1v) is 7.19. The van der Waals surface area contributed by atoms with Crippen LogP contribution in [0.3, 0.4) is 0 Å². The van der Waals surface area contributed by atoms with Crippen LogP contribution in [0.1, 0.15) is 16.1 Å². The van der Waals surface area contributed by atoms with Crippen molar-refractivity contribution in [2.75, 3.05) is 0 Å². The van der Waals surface area contributed by atoms with E-state index in [1.807, 2.05) is 54.6 Å². The van der Waals surface area contributed by atoms with Gasteiger partial charge in [-0.1, -0.05) is 48.5 Å². The molecule has 1 N–H and O–H groups in total. The van der Waals surface area contributed by atoms with Gasteiger partial charge in [0.2, 0.25) is 0 Å². The molecule has 114 valence electrons. The Labute approximate surface area is 134 Å². The van der Waals surface area contributed by atoms with Crippen molar-refractivity contribution in [3.05, 3.63) is 84.2 Å². The maximum atomic E-state index is 10.8. The molecule has 23 heavy (non-hydrogen) atoms. The first-order chi connectivity index (χ1) is 11.2. The average Bonchev–Trinajstić information content (AvgIpc) is 2.61. The Bertz CT molecular complexity index is 798. The first kappa shape index (κ1) is 14.8. The molecule has 4 nitrogen and oxygen atoms in total. The molecule has 0 aliphatic carbocycles. The van der Waals surface area contributed by atoms with Crippen molar-refractivity contribution in [2.24, 2.45) is 0 Å². The second-order valence-electron chi connectivity index (χ2n) is 5.04. The minimum absolute atomic E-state index is 0.0326. The van der Waals surface area contributed by atoms with Gasteiger partial charge in [0, 0.05) is 11.8 Å². The van der Waals surface area contributed by atoms with Crippen LogP contribution < -0.4 is 4.74 Å². The van der Waals surface area contributed by atoms with Gasteiger partial charge >= 0.3 is 5.97 Å². The van der Waals surface area contributed by atoms with Gasteiger partial charge in [0.1, 0.15) is 18.1 Å². The van der Waals surface area contributed by atoms with Gasteiger partial charge in [0.05, 0.1) is 0 Å². The van der Waals surface area contributed by atoms with Crippen molar-refractivity contribution in [1.29, 1.82) is 0 Å². The van der Waals surface area contributed by atoms with Gasteiger partial charge < -0.3 is 9.84 Å². The number of nitrogens with zero attached hydrogens (tertiary/aromatic N) is 1. The van der Waals surface area contributed by atoms with E-state index in [0.29, 0.717) is 6.61 Å². The molecule has 3 rings (SSSR count). The van der Waals surface area contributed by atoms with Gasteiger partial charge in [-0.2, -0.15) is 0 Å². The number of aromatic carboxylic acids is 1. The number of benzene rings is 2. The van der Waals surface area contributed by atoms with E-state index in [1.165, 1.54) is 6.07 Å². The molecular weight excluding hydrogens is 290 g/mol. The van der Waals surface area contributed by atoms with Crippen LogP contribution in [0.5, 0.6) is 5.75 Å². The summed E-state index contributed by atoms with van der Waals surface area (Å²) in [6.45, 7) is 0.500. The fourth-order valence-corrected chi connectivity index (χ4v) is 2.20. The summed E-state index contributed by atoms with van der Waals surface area (Å²) in [6.07, 6.45) is 1.56. The minimum atomic E-state index is -1.03. The molecule has 0 spiro atoms. The van der Waals surface area contributed by atoms with E-state index in [9.17, 15) is 4.79 Å². The summed E-state index contributed by atoms with van der Waals surface area (Å²) in [6, 6.07) is 20.8. The Hall–Kier alpha value is -3.14. The number of carboxylic acid groups (broad SMARTS) is 1. The van der Waals surface area contributed by atoms with Gasteiger partial charge in [0.25, 0.3) is 0 Å². The zero-order chi connectivity index (χ0) is 16.1. The molecule has 0 fully saturated rings. The predicted octanol–water partition coefficient (Wildman–Crippen LogP) is 4.03. The maximum Gasteiger partial charge on any atom is 0.354 e. The van der Waals surface area contributed by atoms with Gasteiger partial charge in [-0.25, -0.2) is 9.78 Å². The van der Waals surface area contributed by atoms with Crippen LogP contribution in [0.4, 0.5) is 0 Å². The number of hydrogen-bond donors (Lipinski definition) is 1. The Morgan fingerprint density at radius 3 is 2.48 bits per heavy atom. The number of rotatable bonds is 5. The lowest BCUT2D eigenvalue weighted by atomic mass is 10.1. The van der Waals surface area contributed by atoms with Gasteiger partial charge in [0.15, 0.2) is 0 Å². The van der Waals surface area contributed by atoms with Crippen LogP contribution in [0.25, 0.3) is 11.1 Å². The van der Waals surface area contributed by atoms with Crippen molar-refractivity contribution in [3.63, 3.8) is 0 Å². The highest BCUT2D eigenvalue weighted by Crippen LogP contribution is 2.24. The van der Waals surface area contributed by atoms with Crippen LogP contribution in [0, 0.1) is 0 Å². The molecule has 0 aliphatic heterocycles. The normalized spacial score (nSPS) is 10.3. The zero-order valence-corrected chi connectivity index (χ0v) is 12.3. The molecule has 1 aromatic heterocycles. The molecule has 0 bridgehead atoms. The molecule has 4 heteroatoms. The lowest BCUT2D eigenvalue weighted by molar-refractivity contribution is 0.0690. The number of aromatic nitrogens is 1. The number of ether oxygens (including phenoxy) is 1. The highest BCUT2D eigenvalue weighted by atomic mass is 16.5. The molecule has 2 aromatic carbocycles. The fourth-order valence-electron chi connectivity index (χ4n) is 2.20. The van der Waals surface area contributed by atoms with Crippen LogP contribution in [-0.2, 0) is 6.61 Å². The maximum absolute atomic E-state index is 10.8. The Morgan fingerprint density at radius 2 is 1.78 bits per heavy atom. The van der Waals surface area contributed by atoms with Crippen LogP contribution in [0.15, 0.2) is 72.9 Å². The molecule has 0 saturated heterocycles. The second kappa shape index (κ2) is 6.75. The largest absolute Gasteiger partial charge is 0.489 e. The lowest BCUT2D eigenvalue weighted by Gasteiger charge is -2.08. The predicted molar refractivity (Wildman–Crippen MR) is 87.4 cm³/mol. The molecule has 1 heterocycles. The zero-order valence-electron chi connectivity index (χ0n) is 12.3. The van der Waals surface area contributed by atoms with Crippen LogP contribution in [-0.4, -0.2) is 16.1 Å². The number of carbonyl (C=O) groups is 1. The molecule has 3 aromatic rings. The second-order valence-corrected chi connectivity index (χ2v) is 5.04. The summed E-state index contributed by atoms with van der Waals surface area (Å²) in [5, 5.41) is 8.89. The molecule has 0 atom stereocenters. The smallest absolute Gasteiger partial charge is 0.354 e. The van der Waals surface area contributed by atoms with Gasteiger partial charge in [-0.3, -0.25) is 0 Å².